The lowest BCUT2D eigenvalue weighted by Crippen LogP contribution is -1.96. The van der Waals surface area contributed by atoms with Crippen LogP contribution in [0.4, 0.5) is 0 Å². The first kappa shape index (κ1) is 17.8. The van der Waals surface area contributed by atoms with E-state index in [0.29, 0.717) is 33.4 Å². The van der Waals surface area contributed by atoms with Crippen LogP contribution in [0.3, 0.4) is 0 Å². The molecular weight excluding hydrogens is 380 g/mol. The number of carboxylic acid groups (broad SMARTS) is 1. The highest BCUT2D eigenvalue weighted by molar-refractivity contribution is 6.30. The number of esters is 1. The van der Waals surface area contributed by atoms with Crippen LogP contribution in [-0.4, -0.2) is 17.0 Å². The normalized spacial score (nSPS) is 14.8. The van der Waals surface area contributed by atoms with Crippen LogP contribution in [0.5, 0.6) is 0 Å². The van der Waals surface area contributed by atoms with E-state index in [9.17, 15) is 9.59 Å². The van der Waals surface area contributed by atoms with Crippen molar-refractivity contribution in [2.24, 2.45) is 0 Å². The second-order valence-electron chi connectivity index (χ2n) is 6.09. The largest absolute Gasteiger partial charge is 0.478 e. The summed E-state index contributed by atoms with van der Waals surface area (Å²) in [4.78, 5) is 23.3. The quantitative estimate of drug-likeness (QED) is 0.483. The molecule has 6 heteroatoms. The van der Waals surface area contributed by atoms with Crippen molar-refractivity contribution < 1.29 is 23.8 Å². The molecular formula is C22H13ClO5. The molecule has 0 spiro atoms. The molecule has 3 aromatic rings. The molecule has 0 radical (unpaired) electrons. The highest BCUT2D eigenvalue weighted by Gasteiger charge is 2.22. The van der Waals surface area contributed by atoms with Crippen molar-refractivity contribution in [3.63, 3.8) is 0 Å². The summed E-state index contributed by atoms with van der Waals surface area (Å²) >= 11 is 5.88. The molecule has 1 aliphatic rings. The first-order chi connectivity index (χ1) is 13.5. The number of hydrogen-bond donors (Lipinski definition) is 1. The second-order valence-corrected chi connectivity index (χ2v) is 6.53. The van der Waals surface area contributed by atoms with Crippen molar-refractivity contribution in [2.45, 2.75) is 0 Å². The summed E-state index contributed by atoms with van der Waals surface area (Å²) in [6.45, 7) is 0. The summed E-state index contributed by atoms with van der Waals surface area (Å²) < 4.78 is 11.1. The Labute approximate surface area is 165 Å². The van der Waals surface area contributed by atoms with Gasteiger partial charge < -0.3 is 14.3 Å². The van der Waals surface area contributed by atoms with Crippen LogP contribution in [0.2, 0.25) is 5.02 Å². The monoisotopic (exact) mass is 392 g/mol. The van der Waals surface area contributed by atoms with Gasteiger partial charge in [-0.05, 0) is 60.7 Å². The van der Waals surface area contributed by atoms with Crippen LogP contribution in [-0.2, 0) is 9.53 Å². The molecule has 1 aliphatic heterocycles. The van der Waals surface area contributed by atoms with Gasteiger partial charge in [0.05, 0.1) is 11.1 Å². The molecule has 1 N–H and O–H groups in total. The van der Waals surface area contributed by atoms with Gasteiger partial charge in [-0.25, -0.2) is 9.59 Å². The fraction of sp³-hybridized carbons (Fsp3) is 0. The molecule has 28 heavy (non-hydrogen) atoms. The van der Waals surface area contributed by atoms with E-state index in [4.69, 9.17) is 25.9 Å². The third-order valence-electron chi connectivity index (χ3n) is 4.17. The molecule has 0 amide bonds. The molecule has 0 atom stereocenters. The van der Waals surface area contributed by atoms with Crippen LogP contribution in [0.15, 0.2) is 76.7 Å². The van der Waals surface area contributed by atoms with E-state index >= 15 is 0 Å². The van der Waals surface area contributed by atoms with Gasteiger partial charge in [-0.3, -0.25) is 0 Å². The number of rotatable bonds is 4. The number of cyclic esters (lactones) is 1. The zero-order chi connectivity index (χ0) is 19.7. The summed E-state index contributed by atoms with van der Waals surface area (Å²) in [6, 6.07) is 16.8. The summed E-state index contributed by atoms with van der Waals surface area (Å²) in [5, 5.41) is 9.71. The molecule has 4 rings (SSSR count). The van der Waals surface area contributed by atoms with E-state index in [1.54, 1.807) is 60.7 Å². The summed E-state index contributed by atoms with van der Waals surface area (Å²) in [5.41, 5.74) is 1.90. The first-order valence-corrected chi connectivity index (χ1v) is 8.72. The number of carboxylic acids is 1. The van der Waals surface area contributed by atoms with Crippen LogP contribution in [0, 0.1) is 0 Å². The van der Waals surface area contributed by atoms with Crippen molar-refractivity contribution >= 4 is 35.4 Å². The van der Waals surface area contributed by atoms with E-state index in [1.807, 2.05) is 0 Å². The highest BCUT2D eigenvalue weighted by Crippen LogP contribution is 2.30. The molecule has 0 saturated heterocycles. The summed E-state index contributed by atoms with van der Waals surface area (Å²) in [6.07, 6.45) is 3.22. The van der Waals surface area contributed by atoms with Crippen molar-refractivity contribution in [2.75, 3.05) is 0 Å². The van der Waals surface area contributed by atoms with Gasteiger partial charge in [0.2, 0.25) is 0 Å². The zero-order valence-corrected chi connectivity index (χ0v) is 15.1. The molecule has 0 bridgehead atoms. The van der Waals surface area contributed by atoms with Crippen molar-refractivity contribution in [3.05, 3.63) is 94.2 Å². The van der Waals surface area contributed by atoms with Gasteiger partial charge >= 0.3 is 11.9 Å². The summed E-state index contributed by atoms with van der Waals surface area (Å²) in [7, 11) is 0. The van der Waals surface area contributed by atoms with Gasteiger partial charge in [0.15, 0.2) is 0 Å². The molecule has 2 aromatic carbocycles. The average molecular weight is 393 g/mol. The molecule has 1 aromatic heterocycles. The lowest BCUT2D eigenvalue weighted by Gasteiger charge is -2.01. The number of aromatic carboxylic acids is 1. The predicted molar refractivity (Wildman–Crippen MR) is 105 cm³/mol. The predicted octanol–water partition coefficient (Wildman–Crippen LogP) is 5.28. The molecule has 2 heterocycles. The fourth-order valence-corrected chi connectivity index (χ4v) is 2.92. The highest BCUT2D eigenvalue weighted by atomic mass is 35.5. The Bertz CT molecular complexity index is 1140. The van der Waals surface area contributed by atoms with Gasteiger partial charge in [-0.15, -0.1) is 0 Å². The number of benzene rings is 2. The second kappa shape index (κ2) is 7.21. The molecule has 5 nitrogen and oxygen atoms in total. The number of carbonyl (C=O) groups excluding carboxylic acids is 1. The number of halogens is 1. The maximum atomic E-state index is 12.2. The van der Waals surface area contributed by atoms with E-state index in [0.717, 1.165) is 5.56 Å². The SMILES string of the molecule is O=C1OC(c2ccc(Cl)cc2)=C/C1=C\c1ccc(-c2cccc(C(=O)O)c2)o1. The standard InChI is InChI=1S/C22H13ClO5/c23-17-6-4-13(5-7-17)20-12-16(22(26)28-20)11-18-8-9-19(27-18)14-2-1-3-15(10-14)21(24)25/h1-12H,(H,24,25)/b16-11+. The molecule has 0 unspecified atom stereocenters. The maximum absolute atomic E-state index is 12.2. The van der Waals surface area contributed by atoms with Gasteiger partial charge in [-0.2, -0.15) is 0 Å². The van der Waals surface area contributed by atoms with E-state index in [-0.39, 0.29) is 5.56 Å². The molecule has 0 fully saturated rings. The minimum atomic E-state index is -1.01. The first-order valence-electron chi connectivity index (χ1n) is 8.35. The minimum Gasteiger partial charge on any atom is -0.478 e. The minimum absolute atomic E-state index is 0.170. The Morgan fingerprint density at radius 3 is 2.54 bits per heavy atom. The Morgan fingerprint density at radius 1 is 1.00 bits per heavy atom. The molecule has 138 valence electrons. The van der Waals surface area contributed by atoms with Crippen LogP contribution >= 0.6 is 11.6 Å². The number of ether oxygens (including phenoxy) is 1. The molecule has 0 saturated carbocycles. The van der Waals surface area contributed by atoms with Gasteiger partial charge in [0, 0.05) is 16.1 Å². The topological polar surface area (TPSA) is 76.7 Å². The molecule has 0 aliphatic carbocycles. The van der Waals surface area contributed by atoms with Gasteiger partial charge in [0.1, 0.15) is 17.3 Å². The fourth-order valence-electron chi connectivity index (χ4n) is 2.79. The summed E-state index contributed by atoms with van der Waals surface area (Å²) in [5.74, 6) is -0.0894. The van der Waals surface area contributed by atoms with Crippen molar-refractivity contribution in [3.8, 4) is 11.3 Å². The van der Waals surface area contributed by atoms with Gasteiger partial charge in [0.25, 0.3) is 0 Å². The van der Waals surface area contributed by atoms with Crippen LogP contribution in [0.25, 0.3) is 23.2 Å². The number of furan rings is 1. The lowest BCUT2D eigenvalue weighted by atomic mass is 10.1. The maximum Gasteiger partial charge on any atom is 0.343 e. The van der Waals surface area contributed by atoms with Crippen LogP contribution in [0.1, 0.15) is 21.7 Å². The Balaban J connectivity index is 1.61. The number of carbonyl (C=O) groups is 2. The van der Waals surface area contributed by atoms with Gasteiger partial charge in [-0.1, -0.05) is 23.7 Å². The third kappa shape index (κ3) is 3.61. The Morgan fingerprint density at radius 2 is 1.79 bits per heavy atom. The van der Waals surface area contributed by atoms with E-state index in [1.165, 1.54) is 12.1 Å². The van der Waals surface area contributed by atoms with Crippen LogP contribution < -0.4 is 0 Å². The zero-order valence-electron chi connectivity index (χ0n) is 14.4. The average Bonchev–Trinajstić information content (AvgIpc) is 3.30. The smallest absolute Gasteiger partial charge is 0.343 e. The van der Waals surface area contributed by atoms with Crippen molar-refractivity contribution in [1.29, 1.82) is 0 Å². The van der Waals surface area contributed by atoms with Crippen molar-refractivity contribution in [1.82, 2.24) is 0 Å². The number of hydrogen-bond acceptors (Lipinski definition) is 4. The third-order valence-corrected chi connectivity index (χ3v) is 4.42. The Hall–Kier alpha value is -3.57. The lowest BCUT2D eigenvalue weighted by molar-refractivity contribution is -0.130. The van der Waals surface area contributed by atoms with E-state index < -0.39 is 11.9 Å². The van der Waals surface area contributed by atoms with E-state index in [2.05, 4.69) is 0 Å². The Kier molecular flexibility index (Phi) is 4.59.